The van der Waals surface area contributed by atoms with E-state index in [1.165, 1.54) is 21.7 Å². The first-order chi connectivity index (χ1) is 20.6. The van der Waals surface area contributed by atoms with Crippen LogP contribution < -0.4 is 11.1 Å². The van der Waals surface area contributed by atoms with Gasteiger partial charge in [-0.25, -0.2) is 13.4 Å². The van der Waals surface area contributed by atoms with Crippen molar-refractivity contribution in [2.24, 2.45) is 5.73 Å². The summed E-state index contributed by atoms with van der Waals surface area (Å²) < 4.78 is 28.8. The van der Waals surface area contributed by atoms with E-state index in [9.17, 15) is 18.0 Å². The number of hydrogen-bond acceptors (Lipinski definition) is 11. The Morgan fingerprint density at radius 3 is 2.84 bits per heavy atom. The summed E-state index contributed by atoms with van der Waals surface area (Å²) in [5.74, 6) is -0.554. The molecule has 6 rings (SSSR count). The number of fused-ring (bicyclic) bond motifs is 2. The number of aromatic nitrogens is 6. The van der Waals surface area contributed by atoms with Crippen LogP contribution in [0.15, 0.2) is 29.3 Å². The smallest absolute Gasteiger partial charge is 0.283 e. The van der Waals surface area contributed by atoms with Crippen molar-refractivity contribution in [2.75, 3.05) is 33.2 Å². The van der Waals surface area contributed by atoms with Gasteiger partial charge < -0.3 is 25.8 Å². The van der Waals surface area contributed by atoms with Gasteiger partial charge in [0.15, 0.2) is 10.8 Å². The lowest BCUT2D eigenvalue weighted by Crippen LogP contribution is -2.57. The molecular formula is C25H30N12O4S2. The molecule has 0 spiro atoms. The first-order valence-corrected chi connectivity index (χ1v) is 15.8. The fourth-order valence-corrected chi connectivity index (χ4v) is 7.92. The third kappa shape index (κ3) is 5.85. The molecule has 1 fully saturated rings. The monoisotopic (exact) mass is 626 g/mol. The van der Waals surface area contributed by atoms with Crippen LogP contribution in [0.4, 0.5) is 0 Å². The number of carbonyl (C=O) groups is 2. The number of nitrogens with one attached hydrogen (secondary N) is 4. The third-order valence-corrected chi connectivity index (χ3v) is 10.4. The van der Waals surface area contributed by atoms with Crippen LogP contribution in [0, 0.1) is 5.41 Å². The lowest BCUT2D eigenvalue weighted by molar-refractivity contribution is -0.122. The average Bonchev–Trinajstić information content (AvgIpc) is 3.75. The minimum absolute atomic E-state index is 0.0278. The van der Waals surface area contributed by atoms with Crippen LogP contribution >= 0.6 is 11.3 Å². The van der Waals surface area contributed by atoms with Crippen molar-refractivity contribution in [3.05, 3.63) is 51.2 Å². The second-order valence-electron chi connectivity index (χ2n) is 10.6. The van der Waals surface area contributed by atoms with Gasteiger partial charge in [0.05, 0.1) is 18.3 Å². The first kappa shape index (κ1) is 28.8. The summed E-state index contributed by atoms with van der Waals surface area (Å²) >= 11 is 1.35. The van der Waals surface area contributed by atoms with Gasteiger partial charge in [0, 0.05) is 66.9 Å². The van der Waals surface area contributed by atoms with Gasteiger partial charge in [0.25, 0.3) is 15.9 Å². The zero-order valence-corrected chi connectivity index (χ0v) is 24.8. The summed E-state index contributed by atoms with van der Waals surface area (Å²) in [7, 11) is -2.01. The van der Waals surface area contributed by atoms with Crippen LogP contribution in [0.2, 0.25) is 0 Å². The molecule has 43 heavy (non-hydrogen) atoms. The Morgan fingerprint density at radius 2 is 2.07 bits per heavy atom. The van der Waals surface area contributed by atoms with Gasteiger partial charge in [-0.05, 0) is 19.2 Å². The van der Waals surface area contributed by atoms with Crippen LogP contribution in [0.5, 0.6) is 0 Å². The summed E-state index contributed by atoms with van der Waals surface area (Å²) in [6, 6.07) is 5.74. The van der Waals surface area contributed by atoms with Gasteiger partial charge in [-0.2, -0.15) is 9.52 Å². The first-order valence-electron chi connectivity index (χ1n) is 13.5. The number of nitrogen functional groups attached to an aromatic ring is 1. The van der Waals surface area contributed by atoms with E-state index >= 15 is 0 Å². The van der Waals surface area contributed by atoms with Crippen LogP contribution in [0.3, 0.4) is 0 Å². The SMILES string of the molecule is CN1CCc2nc(C(=O)N3CCN(S(=O)(=O)c4cc5ccc(C(=N)N)cc5[nH]4)CC3CC(=O)NCc3nn[nH]n3)sc2C1. The van der Waals surface area contributed by atoms with Crippen LogP contribution in [0.25, 0.3) is 10.9 Å². The van der Waals surface area contributed by atoms with Gasteiger partial charge in [-0.1, -0.05) is 17.3 Å². The second-order valence-corrected chi connectivity index (χ2v) is 13.5. The molecule has 16 nitrogen and oxygen atoms in total. The summed E-state index contributed by atoms with van der Waals surface area (Å²) in [4.78, 5) is 39.1. The number of rotatable bonds is 8. The van der Waals surface area contributed by atoms with E-state index in [0.29, 0.717) is 33.8 Å². The molecule has 0 aliphatic carbocycles. The molecule has 2 amide bonds. The van der Waals surface area contributed by atoms with E-state index in [1.807, 2.05) is 7.05 Å². The van der Waals surface area contributed by atoms with Crippen molar-refractivity contribution in [1.29, 1.82) is 5.41 Å². The zero-order chi connectivity index (χ0) is 30.3. The summed E-state index contributed by atoms with van der Waals surface area (Å²) in [6.07, 6.45) is 0.611. The maximum atomic E-state index is 13.8. The Bertz CT molecular complexity index is 1800. The number of carbonyl (C=O) groups excluding carboxylic acids is 2. The van der Waals surface area contributed by atoms with E-state index in [-0.39, 0.29) is 49.4 Å². The molecule has 0 radical (unpaired) electrons. The number of hydrogen-bond donors (Lipinski definition) is 5. The highest BCUT2D eigenvalue weighted by atomic mass is 32.2. The van der Waals surface area contributed by atoms with Crippen LogP contribution in [0.1, 0.15) is 38.2 Å². The van der Waals surface area contributed by atoms with E-state index in [0.717, 1.165) is 23.5 Å². The van der Waals surface area contributed by atoms with Crippen molar-refractivity contribution < 1.29 is 18.0 Å². The lowest BCUT2D eigenvalue weighted by atomic mass is 10.1. The van der Waals surface area contributed by atoms with Crippen molar-refractivity contribution in [3.63, 3.8) is 0 Å². The maximum Gasteiger partial charge on any atom is 0.283 e. The van der Waals surface area contributed by atoms with Crippen molar-refractivity contribution in [1.82, 2.24) is 50.0 Å². The number of amides is 2. The molecule has 1 unspecified atom stereocenters. The number of likely N-dealkylation sites (N-methyl/N-ethyl adjacent to an activating group) is 1. The molecule has 226 valence electrons. The Labute approximate surface area is 250 Å². The Balaban J connectivity index is 1.25. The number of benzene rings is 1. The number of tetrazole rings is 1. The molecule has 6 N–H and O–H groups in total. The summed E-state index contributed by atoms with van der Waals surface area (Å²) in [5.41, 5.74) is 7.49. The Morgan fingerprint density at radius 1 is 1.23 bits per heavy atom. The highest BCUT2D eigenvalue weighted by Crippen LogP contribution is 2.29. The summed E-state index contributed by atoms with van der Waals surface area (Å²) in [6.45, 7) is 1.63. The van der Waals surface area contributed by atoms with Gasteiger partial charge in [-0.3, -0.25) is 15.0 Å². The largest absolute Gasteiger partial charge is 0.384 e. The van der Waals surface area contributed by atoms with E-state index < -0.39 is 22.0 Å². The molecule has 1 atom stereocenters. The maximum absolute atomic E-state index is 13.8. The van der Waals surface area contributed by atoms with Gasteiger partial charge in [-0.15, -0.1) is 21.5 Å². The predicted octanol–water partition coefficient (Wildman–Crippen LogP) is -0.369. The molecule has 2 aliphatic rings. The van der Waals surface area contributed by atoms with Crippen molar-refractivity contribution in [2.45, 2.75) is 37.0 Å². The normalized spacial score (nSPS) is 18.1. The number of amidine groups is 1. The highest BCUT2D eigenvalue weighted by molar-refractivity contribution is 7.89. The zero-order valence-electron chi connectivity index (χ0n) is 23.2. The Kier molecular flexibility index (Phi) is 7.67. The van der Waals surface area contributed by atoms with Crippen LogP contribution in [-0.4, -0.2) is 110 Å². The molecule has 1 aromatic carbocycles. The second kappa shape index (κ2) is 11.4. The number of nitrogens with two attached hydrogens (primary N) is 1. The standard InChI is InChI=1S/C25H30N12O4S2/c1-35-5-4-17-19(13-35)42-24(30-17)25(39)37-7-6-36(12-16(37)10-21(38)28-11-20-31-33-34-32-20)43(40,41)22-9-14-2-3-15(23(26)27)8-18(14)29-22/h2-3,8-9,16,29H,4-7,10-13H2,1H3,(H3,26,27)(H,28,38)(H,31,32,33,34). The fourth-order valence-electron chi connectivity index (χ4n) is 5.29. The molecule has 0 saturated carbocycles. The molecule has 0 bridgehead atoms. The molecule has 18 heteroatoms. The predicted molar refractivity (Wildman–Crippen MR) is 156 cm³/mol. The molecule has 4 aromatic rings. The number of sulfonamides is 1. The van der Waals surface area contributed by atoms with Gasteiger partial charge in [0.1, 0.15) is 10.9 Å². The van der Waals surface area contributed by atoms with E-state index in [1.54, 1.807) is 23.1 Å². The molecule has 1 saturated heterocycles. The topological polar surface area (TPSA) is 223 Å². The highest BCUT2D eigenvalue weighted by Gasteiger charge is 2.39. The molecule has 5 heterocycles. The van der Waals surface area contributed by atoms with E-state index in [2.05, 4.69) is 40.8 Å². The number of piperazine rings is 1. The van der Waals surface area contributed by atoms with Crippen molar-refractivity contribution in [3.8, 4) is 0 Å². The molecule has 2 aliphatic heterocycles. The number of thiazole rings is 1. The number of nitrogens with zero attached hydrogens (tertiary/aromatic N) is 7. The fraction of sp³-hybridized carbons (Fsp3) is 0.400. The number of H-pyrrole nitrogens is 2. The van der Waals surface area contributed by atoms with E-state index in [4.69, 9.17) is 11.1 Å². The quantitative estimate of drug-likeness (QED) is 0.126. The van der Waals surface area contributed by atoms with Gasteiger partial charge in [0.2, 0.25) is 5.91 Å². The minimum Gasteiger partial charge on any atom is -0.384 e. The molecule has 3 aromatic heterocycles. The Hall–Kier alpha value is -4.26. The minimum atomic E-state index is -4.02. The molecular weight excluding hydrogens is 596 g/mol. The average molecular weight is 627 g/mol. The summed E-state index contributed by atoms with van der Waals surface area (Å²) in [5, 5.41) is 24.8. The van der Waals surface area contributed by atoms with Crippen molar-refractivity contribution >= 4 is 49.9 Å². The third-order valence-electron chi connectivity index (χ3n) is 7.59. The van der Waals surface area contributed by atoms with Crippen LogP contribution in [-0.2, 0) is 34.3 Å². The van der Waals surface area contributed by atoms with Gasteiger partial charge >= 0.3 is 0 Å². The number of aromatic amines is 2. The lowest BCUT2D eigenvalue weighted by Gasteiger charge is -2.40.